The minimum Gasteiger partial charge on any atom is -0.490 e. The summed E-state index contributed by atoms with van der Waals surface area (Å²) >= 11 is 2.04. The Labute approximate surface area is 132 Å². The van der Waals surface area contributed by atoms with Crippen LogP contribution in [-0.2, 0) is 5.41 Å². The van der Waals surface area contributed by atoms with E-state index in [4.69, 9.17) is 10.5 Å². The predicted octanol–water partition coefficient (Wildman–Crippen LogP) is 4.12. The van der Waals surface area contributed by atoms with E-state index in [2.05, 4.69) is 24.3 Å². The summed E-state index contributed by atoms with van der Waals surface area (Å²) in [4.78, 5) is 0. The van der Waals surface area contributed by atoms with Crippen LogP contribution in [0, 0.1) is 0 Å². The van der Waals surface area contributed by atoms with Crippen molar-refractivity contribution in [2.45, 2.75) is 56.5 Å². The number of nitrogens with two attached hydrogens (primary N) is 1. The highest BCUT2D eigenvalue weighted by molar-refractivity contribution is 7.99. The third kappa shape index (κ3) is 3.57. The van der Waals surface area contributed by atoms with Crippen LogP contribution < -0.4 is 10.5 Å². The molecule has 0 spiro atoms. The van der Waals surface area contributed by atoms with E-state index in [0.717, 1.165) is 12.3 Å². The minimum absolute atomic E-state index is 0.194. The number of ether oxygens (including phenoxy) is 1. The molecule has 0 radical (unpaired) electrons. The van der Waals surface area contributed by atoms with Gasteiger partial charge in [0.15, 0.2) is 0 Å². The first-order valence-electron chi connectivity index (χ1n) is 8.37. The van der Waals surface area contributed by atoms with Crippen LogP contribution in [0.1, 0.15) is 50.5 Å². The summed E-state index contributed by atoms with van der Waals surface area (Å²) in [5.41, 5.74) is 7.75. The molecule has 2 fully saturated rings. The first-order valence-corrected chi connectivity index (χ1v) is 9.53. The van der Waals surface area contributed by atoms with Crippen LogP contribution in [0.4, 0.5) is 0 Å². The van der Waals surface area contributed by atoms with Crippen molar-refractivity contribution >= 4 is 11.8 Å². The SMILES string of the molecule is NCC1(c2cccc(OC3CCSCC3)c2)CCCCC1. The summed E-state index contributed by atoms with van der Waals surface area (Å²) in [6.07, 6.45) is 9.19. The monoisotopic (exact) mass is 305 g/mol. The van der Waals surface area contributed by atoms with Crippen LogP contribution >= 0.6 is 11.8 Å². The van der Waals surface area contributed by atoms with Crippen molar-refractivity contribution in [1.29, 1.82) is 0 Å². The van der Waals surface area contributed by atoms with E-state index in [0.29, 0.717) is 6.10 Å². The number of rotatable bonds is 4. The molecular weight excluding hydrogens is 278 g/mol. The Bertz CT molecular complexity index is 450. The second kappa shape index (κ2) is 7.06. The van der Waals surface area contributed by atoms with Crippen LogP contribution in [0.15, 0.2) is 24.3 Å². The van der Waals surface area contributed by atoms with Gasteiger partial charge in [-0.1, -0.05) is 31.4 Å². The smallest absolute Gasteiger partial charge is 0.120 e. The molecule has 1 aliphatic carbocycles. The van der Waals surface area contributed by atoms with Gasteiger partial charge < -0.3 is 10.5 Å². The Kier molecular flexibility index (Phi) is 5.12. The van der Waals surface area contributed by atoms with Crippen LogP contribution in [0.5, 0.6) is 5.75 Å². The second-order valence-electron chi connectivity index (χ2n) is 6.50. The van der Waals surface area contributed by atoms with Gasteiger partial charge in [-0.3, -0.25) is 0 Å². The quantitative estimate of drug-likeness (QED) is 0.908. The van der Waals surface area contributed by atoms with Crippen LogP contribution in [-0.4, -0.2) is 24.2 Å². The molecule has 1 saturated carbocycles. The van der Waals surface area contributed by atoms with Gasteiger partial charge in [0, 0.05) is 12.0 Å². The molecule has 2 aliphatic rings. The molecule has 2 nitrogen and oxygen atoms in total. The van der Waals surface area contributed by atoms with Crippen LogP contribution in [0.3, 0.4) is 0 Å². The standard InChI is InChI=1S/C18H27NOS/c19-14-18(9-2-1-3-10-18)15-5-4-6-17(13-15)20-16-7-11-21-12-8-16/h4-6,13,16H,1-3,7-12,14,19H2. The number of benzene rings is 1. The maximum atomic E-state index is 6.22. The third-order valence-electron chi connectivity index (χ3n) is 5.12. The maximum absolute atomic E-state index is 6.22. The van der Waals surface area contributed by atoms with Gasteiger partial charge in [0.05, 0.1) is 0 Å². The molecule has 1 aliphatic heterocycles. The molecule has 0 atom stereocenters. The summed E-state index contributed by atoms with van der Waals surface area (Å²) in [5.74, 6) is 3.51. The predicted molar refractivity (Wildman–Crippen MR) is 91.2 cm³/mol. The highest BCUT2D eigenvalue weighted by Gasteiger charge is 2.32. The molecule has 0 amide bonds. The van der Waals surface area contributed by atoms with Crippen LogP contribution in [0.25, 0.3) is 0 Å². The van der Waals surface area contributed by atoms with Crippen molar-refractivity contribution in [3.63, 3.8) is 0 Å². The Balaban J connectivity index is 1.75. The Morgan fingerprint density at radius 3 is 2.62 bits per heavy atom. The number of hydrogen-bond acceptors (Lipinski definition) is 3. The molecule has 0 unspecified atom stereocenters. The molecule has 0 aromatic heterocycles. The summed E-state index contributed by atoms with van der Waals surface area (Å²) in [5, 5.41) is 0. The van der Waals surface area contributed by atoms with Gasteiger partial charge >= 0.3 is 0 Å². The van der Waals surface area contributed by atoms with E-state index in [1.807, 2.05) is 11.8 Å². The Morgan fingerprint density at radius 2 is 1.90 bits per heavy atom. The zero-order chi connectivity index (χ0) is 14.5. The molecule has 21 heavy (non-hydrogen) atoms. The zero-order valence-electron chi connectivity index (χ0n) is 12.9. The molecule has 1 heterocycles. The molecule has 1 aromatic rings. The molecule has 1 saturated heterocycles. The summed E-state index contributed by atoms with van der Waals surface area (Å²) in [6.45, 7) is 0.760. The molecule has 3 rings (SSSR count). The zero-order valence-corrected chi connectivity index (χ0v) is 13.7. The van der Waals surface area contributed by atoms with Gasteiger partial charge in [-0.25, -0.2) is 0 Å². The van der Waals surface area contributed by atoms with Crippen molar-refractivity contribution in [2.24, 2.45) is 5.73 Å². The van der Waals surface area contributed by atoms with Gasteiger partial charge in [0.2, 0.25) is 0 Å². The Morgan fingerprint density at radius 1 is 1.14 bits per heavy atom. The van der Waals surface area contributed by atoms with Crippen molar-refractivity contribution in [3.8, 4) is 5.75 Å². The molecule has 2 N–H and O–H groups in total. The van der Waals surface area contributed by atoms with Gasteiger partial charge in [-0.2, -0.15) is 11.8 Å². The average molecular weight is 305 g/mol. The molecule has 3 heteroatoms. The fourth-order valence-corrected chi connectivity index (χ4v) is 4.79. The van der Waals surface area contributed by atoms with Crippen molar-refractivity contribution in [2.75, 3.05) is 18.1 Å². The number of hydrogen-bond donors (Lipinski definition) is 1. The highest BCUT2D eigenvalue weighted by Crippen LogP contribution is 2.39. The highest BCUT2D eigenvalue weighted by atomic mass is 32.2. The average Bonchev–Trinajstić information content (AvgIpc) is 2.57. The normalized spacial score (nSPS) is 22.9. The molecule has 1 aromatic carbocycles. The summed E-state index contributed by atoms with van der Waals surface area (Å²) in [6, 6.07) is 8.77. The van der Waals surface area contributed by atoms with E-state index in [-0.39, 0.29) is 5.41 Å². The van der Waals surface area contributed by atoms with Crippen molar-refractivity contribution < 1.29 is 4.74 Å². The van der Waals surface area contributed by atoms with E-state index in [1.165, 1.54) is 62.0 Å². The lowest BCUT2D eigenvalue weighted by Crippen LogP contribution is -2.37. The van der Waals surface area contributed by atoms with E-state index >= 15 is 0 Å². The lowest BCUT2D eigenvalue weighted by Gasteiger charge is -2.37. The number of thioether (sulfide) groups is 1. The van der Waals surface area contributed by atoms with Gasteiger partial charge in [-0.15, -0.1) is 0 Å². The summed E-state index contributed by atoms with van der Waals surface area (Å²) < 4.78 is 6.22. The van der Waals surface area contributed by atoms with E-state index < -0.39 is 0 Å². The summed E-state index contributed by atoms with van der Waals surface area (Å²) in [7, 11) is 0. The Hall–Kier alpha value is -0.670. The first-order chi connectivity index (χ1) is 10.3. The van der Waals surface area contributed by atoms with Crippen molar-refractivity contribution in [1.82, 2.24) is 0 Å². The second-order valence-corrected chi connectivity index (χ2v) is 7.73. The molecule has 116 valence electrons. The van der Waals surface area contributed by atoms with Crippen molar-refractivity contribution in [3.05, 3.63) is 29.8 Å². The van der Waals surface area contributed by atoms with Gasteiger partial charge in [0.1, 0.15) is 11.9 Å². The molecular formula is C18H27NOS. The third-order valence-corrected chi connectivity index (χ3v) is 6.17. The van der Waals surface area contributed by atoms with Crippen LogP contribution in [0.2, 0.25) is 0 Å². The molecule has 0 bridgehead atoms. The lowest BCUT2D eigenvalue weighted by molar-refractivity contribution is 0.191. The minimum atomic E-state index is 0.194. The first kappa shape index (κ1) is 15.2. The van der Waals surface area contributed by atoms with Gasteiger partial charge in [-0.05, 0) is 54.9 Å². The fourth-order valence-electron chi connectivity index (χ4n) is 3.72. The van der Waals surface area contributed by atoms with E-state index in [1.54, 1.807) is 0 Å². The van der Waals surface area contributed by atoms with E-state index in [9.17, 15) is 0 Å². The topological polar surface area (TPSA) is 35.2 Å². The van der Waals surface area contributed by atoms with Gasteiger partial charge in [0.25, 0.3) is 0 Å². The fraction of sp³-hybridized carbons (Fsp3) is 0.667. The largest absolute Gasteiger partial charge is 0.490 e. The maximum Gasteiger partial charge on any atom is 0.120 e. The lowest BCUT2D eigenvalue weighted by atomic mass is 9.69.